The molecule has 2 N–H and O–H groups in total. The first-order valence-electron chi connectivity index (χ1n) is 6.82. The fourth-order valence-electron chi connectivity index (χ4n) is 2.79. The zero-order valence-electron chi connectivity index (χ0n) is 12.0. The number of hydrogen-bond donors (Lipinski definition) is 1. The summed E-state index contributed by atoms with van der Waals surface area (Å²) in [5.74, 6) is 0. The van der Waals surface area contributed by atoms with Crippen LogP contribution < -0.4 is 5.73 Å². The number of para-hydroxylation sites is 1. The van der Waals surface area contributed by atoms with E-state index in [1.807, 2.05) is 28.9 Å². The van der Waals surface area contributed by atoms with Gasteiger partial charge in [-0.05, 0) is 38.0 Å². The molecule has 0 aliphatic carbocycles. The van der Waals surface area contributed by atoms with Crippen LogP contribution in [0, 0.1) is 13.8 Å². The summed E-state index contributed by atoms with van der Waals surface area (Å²) in [6, 6.07) is 7.85. The van der Waals surface area contributed by atoms with Crippen molar-refractivity contribution in [3.05, 3.63) is 47.4 Å². The second-order valence-corrected chi connectivity index (χ2v) is 4.99. The number of nitrogens with zero attached hydrogens (tertiary/aromatic N) is 3. The van der Waals surface area contributed by atoms with Crippen LogP contribution in [0.3, 0.4) is 0 Å². The van der Waals surface area contributed by atoms with Crippen molar-refractivity contribution in [2.75, 3.05) is 5.73 Å². The van der Waals surface area contributed by atoms with Gasteiger partial charge in [-0.2, -0.15) is 5.10 Å². The summed E-state index contributed by atoms with van der Waals surface area (Å²) in [5.41, 5.74) is 12.1. The van der Waals surface area contributed by atoms with Crippen molar-refractivity contribution in [2.24, 2.45) is 0 Å². The van der Waals surface area contributed by atoms with Crippen molar-refractivity contribution in [1.82, 2.24) is 14.8 Å². The van der Waals surface area contributed by atoms with Crippen molar-refractivity contribution < 1.29 is 0 Å². The van der Waals surface area contributed by atoms with Crippen LogP contribution in [-0.2, 0) is 6.42 Å². The number of aromatic nitrogens is 3. The van der Waals surface area contributed by atoms with Crippen LogP contribution in [0.1, 0.15) is 23.9 Å². The molecule has 0 spiro atoms. The number of benzene rings is 1. The van der Waals surface area contributed by atoms with Gasteiger partial charge in [0.05, 0.1) is 22.6 Å². The standard InChI is InChI=1S/C16H18N4/c1-4-12-10(2)19-20(11(12)3)15-8-9-18-16-13(15)6-5-7-14(16)17/h5-9H,4,17H2,1-3H3. The topological polar surface area (TPSA) is 56.7 Å². The molecule has 0 amide bonds. The van der Waals surface area contributed by atoms with E-state index >= 15 is 0 Å². The van der Waals surface area contributed by atoms with E-state index < -0.39 is 0 Å². The Kier molecular flexibility index (Phi) is 2.93. The van der Waals surface area contributed by atoms with Crippen molar-refractivity contribution in [1.29, 1.82) is 0 Å². The highest BCUT2D eigenvalue weighted by Gasteiger charge is 2.13. The Morgan fingerprint density at radius 3 is 2.70 bits per heavy atom. The smallest absolute Gasteiger partial charge is 0.0952 e. The van der Waals surface area contributed by atoms with Gasteiger partial charge in [-0.1, -0.05) is 19.1 Å². The minimum atomic E-state index is 0.696. The number of fused-ring (bicyclic) bond motifs is 1. The predicted molar refractivity (Wildman–Crippen MR) is 82.1 cm³/mol. The third-order valence-electron chi connectivity index (χ3n) is 3.80. The lowest BCUT2D eigenvalue weighted by Gasteiger charge is -2.09. The van der Waals surface area contributed by atoms with Gasteiger partial charge < -0.3 is 5.73 Å². The minimum absolute atomic E-state index is 0.696. The zero-order chi connectivity index (χ0) is 14.3. The molecule has 2 heterocycles. The van der Waals surface area contributed by atoms with Gasteiger partial charge in [0.25, 0.3) is 0 Å². The van der Waals surface area contributed by atoms with E-state index in [9.17, 15) is 0 Å². The monoisotopic (exact) mass is 266 g/mol. The summed E-state index contributed by atoms with van der Waals surface area (Å²) in [6.45, 7) is 6.32. The molecule has 0 fully saturated rings. The highest BCUT2D eigenvalue weighted by molar-refractivity contribution is 5.94. The van der Waals surface area contributed by atoms with E-state index in [1.165, 1.54) is 11.3 Å². The third kappa shape index (κ3) is 1.76. The maximum Gasteiger partial charge on any atom is 0.0952 e. The van der Waals surface area contributed by atoms with Crippen molar-refractivity contribution in [3.8, 4) is 5.69 Å². The summed E-state index contributed by atoms with van der Waals surface area (Å²) >= 11 is 0. The maximum atomic E-state index is 6.01. The quantitative estimate of drug-likeness (QED) is 0.725. The normalized spacial score (nSPS) is 11.2. The largest absolute Gasteiger partial charge is 0.397 e. The van der Waals surface area contributed by atoms with E-state index in [2.05, 4.69) is 30.9 Å². The molecular formula is C16H18N4. The summed E-state index contributed by atoms with van der Waals surface area (Å²) in [7, 11) is 0. The van der Waals surface area contributed by atoms with E-state index in [4.69, 9.17) is 5.73 Å². The molecule has 0 saturated carbocycles. The molecule has 0 aliphatic rings. The molecule has 0 bridgehead atoms. The Balaban J connectivity index is 2.33. The number of aryl methyl sites for hydroxylation is 1. The first-order valence-corrected chi connectivity index (χ1v) is 6.82. The van der Waals surface area contributed by atoms with Gasteiger partial charge in [0.15, 0.2) is 0 Å². The molecule has 1 aromatic carbocycles. The minimum Gasteiger partial charge on any atom is -0.397 e. The molecular weight excluding hydrogens is 248 g/mol. The highest BCUT2D eigenvalue weighted by atomic mass is 15.3. The molecule has 3 rings (SSSR count). The molecule has 4 heteroatoms. The fraction of sp³-hybridized carbons (Fsp3) is 0.250. The van der Waals surface area contributed by atoms with Gasteiger partial charge in [-0.15, -0.1) is 0 Å². The Morgan fingerprint density at radius 2 is 2.00 bits per heavy atom. The second kappa shape index (κ2) is 4.63. The second-order valence-electron chi connectivity index (χ2n) is 4.99. The van der Waals surface area contributed by atoms with E-state index in [-0.39, 0.29) is 0 Å². The molecule has 0 aliphatic heterocycles. The summed E-state index contributed by atoms with van der Waals surface area (Å²) in [5, 5.41) is 5.71. The van der Waals surface area contributed by atoms with Crippen molar-refractivity contribution in [2.45, 2.75) is 27.2 Å². The molecule has 20 heavy (non-hydrogen) atoms. The van der Waals surface area contributed by atoms with Gasteiger partial charge in [0.1, 0.15) is 0 Å². The van der Waals surface area contributed by atoms with Crippen molar-refractivity contribution in [3.63, 3.8) is 0 Å². The van der Waals surface area contributed by atoms with Gasteiger partial charge in [0.2, 0.25) is 0 Å². The molecule has 0 radical (unpaired) electrons. The number of hydrogen-bond acceptors (Lipinski definition) is 3. The first kappa shape index (κ1) is 12.7. The van der Waals surface area contributed by atoms with Crippen LogP contribution in [0.5, 0.6) is 0 Å². The number of nitrogen functional groups attached to an aromatic ring is 1. The van der Waals surface area contributed by atoms with Gasteiger partial charge in [-0.3, -0.25) is 4.98 Å². The Hall–Kier alpha value is -2.36. The van der Waals surface area contributed by atoms with Crippen LogP contribution in [0.4, 0.5) is 5.69 Å². The fourth-order valence-corrected chi connectivity index (χ4v) is 2.79. The maximum absolute atomic E-state index is 6.01. The Morgan fingerprint density at radius 1 is 1.20 bits per heavy atom. The molecule has 4 nitrogen and oxygen atoms in total. The van der Waals surface area contributed by atoms with Crippen LogP contribution >= 0.6 is 0 Å². The van der Waals surface area contributed by atoms with Crippen LogP contribution in [0.2, 0.25) is 0 Å². The predicted octanol–water partition coefficient (Wildman–Crippen LogP) is 3.18. The number of anilines is 1. The summed E-state index contributed by atoms with van der Waals surface area (Å²) < 4.78 is 2.00. The highest BCUT2D eigenvalue weighted by Crippen LogP contribution is 2.26. The zero-order valence-corrected chi connectivity index (χ0v) is 12.0. The van der Waals surface area contributed by atoms with Crippen LogP contribution in [-0.4, -0.2) is 14.8 Å². The van der Waals surface area contributed by atoms with E-state index in [0.29, 0.717) is 5.69 Å². The van der Waals surface area contributed by atoms with Gasteiger partial charge in [-0.25, -0.2) is 4.68 Å². The average Bonchev–Trinajstić information content (AvgIpc) is 2.73. The van der Waals surface area contributed by atoms with Crippen LogP contribution in [0.25, 0.3) is 16.6 Å². The molecule has 0 saturated heterocycles. The molecule has 2 aromatic heterocycles. The number of rotatable bonds is 2. The Labute approximate surface area is 118 Å². The molecule has 0 atom stereocenters. The van der Waals surface area contributed by atoms with E-state index in [0.717, 1.165) is 28.7 Å². The van der Waals surface area contributed by atoms with Gasteiger partial charge >= 0.3 is 0 Å². The molecule has 102 valence electrons. The number of pyridine rings is 1. The SMILES string of the molecule is CCc1c(C)nn(-c2ccnc3c(N)cccc23)c1C. The van der Waals surface area contributed by atoms with E-state index in [1.54, 1.807) is 6.20 Å². The third-order valence-corrected chi connectivity index (χ3v) is 3.80. The van der Waals surface area contributed by atoms with Gasteiger partial charge in [0, 0.05) is 17.3 Å². The van der Waals surface area contributed by atoms with Crippen LogP contribution in [0.15, 0.2) is 30.5 Å². The molecule has 0 unspecified atom stereocenters. The summed E-state index contributed by atoms with van der Waals surface area (Å²) in [6.07, 6.45) is 2.78. The lowest BCUT2D eigenvalue weighted by atomic mass is 10.1. The Bertz CT molecular complexity index is 787. The average molecular weight is 266 g/mol. The van der Waals surface area contributed by atoms with Crippen molar-refractivity contribution >= 4 is 16.6 Å². The lowest BCUT2D eigenvalue weighted by molar-refractivity contribution is 0.837. The number of nitrogens with two attached hydrogens (primary N) is 1. The molecule has 3 aromatic rings. The lowest BCUT2D eigenvalue weighted by Crippen LogP contribution is -2.02. The summed E-state index contributed by atoms with van der Waals surface area (Å²) in [4.78, 5) is 4.38. The first-order chi connectivity index (χ1) is 9.63.